The van der Waals surface area contributed by atoms with Gasteiger partial charge >= 0.3 is 17.7 Å². The Kier molecular flexibility index (Phi) is 7.01. The van der Waals surface area contributed by atoms with E-state index in [1.54, 1.807) is 44.2 Å². The molecular weight excluding hydrogens is 450 g/mol. The second kappa shape index (κ2) is 10.3. The van der Waals surface area contributed by atoms with E-state index in [-0.39, 0.29) is 23.9 Å². The maximum absolute atomic E-state index is 12.9. The van der Waals surface area contributed by atoms with Crippen LogP contribution in [0, 0.1) is 5.92 Å². The zero-order valence-corrected chi connectivity index (χ0v) is 19.6. The summed E-state index contributed by atoms with van der Waals surface area (Å²) >= 11 is 0. The minimum absolute atomic E-state index is 0.0794. The summed E-state index contributed by atoms with van der Waals surface area (Å²) in [5, 5.41) is 4.33. The molecule has 8 nitrogen and oxygen atoms in total. The average Bonchev–Trinajstić information content (AvgIpc) is 2.86. The molecule has 0 aliphatic rings. The molecule has 1 aromatic heterocycles. The first-order valence-corrected chi connectivity index (χ1v) is 11.1. The highest BCUT2D eigenvalue weighted by atomic mass is 16.6. The summed E-state index contributed by atoms with van der Waals surface area (Å²) in [4.78, 5) is 37.6. The smallest absolute Gasteiger partial charge is 0.408 e. The van der Waals surface area contributed by atoms with Gasteiger partial charge in [-0.15, -0.1) is 0 Å². The topological polar surface area (TPSA) is 104 Å². The molecule has 0 aliphatic carbocycles. The molecule has 0 spiro atoms. The van der Waals surface area contributed by atoms with Crippen molar-refractivity contribution in [3.63, 3.8) is 0 Å². The van der Waals surface area contributed by atoms with Crippen LogP contribution >= 0.6 is 0 Å². The van der Waals surface area contributed by atoms with Crippen molar-refractivity contribution in [1.82, 2.24) is 5.32 Å². The van der Waals surface area contributed by atoms with E-state index in [4.69, 9.17) is 18.6 Å². The fourth-order valence-corrected chi connectivity index (χ4v) is 3.65. The second-order valence-corrected chi connectivity index (χ2v) is 8.31. The summed E-state index contributed by atoms with van der Waals surface area (Å²) in [6.45, 7) is 3.64. The molecule has 1 unspecified atom stereocenters. The first kappa shape index (κ1) is 23.8. The van der Waals surface area contributed by atoms with Crippen LogP contribution in [0.15, 0.2) is 75.9 Å². The lowest BCUT2D eigenvalue weighted by atomic mass is 10.0. The molecule has 35 heavy (non-hydrogen) atoms. The third-order valence-corrected chi connectivity index (χ3v) is 5.52. The van der Waals surface area contributed by atoms with Crippen LogP contribution in [-0.4, -0.2) is 25.2 Å². The summed E-state index contributed by atoms with van der Waals surface area (Å²) in [7, 11) is 1.52. The van der Waals surface area contributed by atoms with E-state index >= 15 is 0 Å². The lowest BCUT2D eigenvalue weighted by Gasteiger charge is -2.20. The first-order valence-electron chi connectivity index (χ1n) is 11.1. The molecule has 0 saturated carbocycles. The summed E-state index contributed by atoms with van der Waals surface area (Å²) in [6.07, 6.45) is -0.726. The molecule has 3 aromatic carbocycles. The van der Waals surface area contributed by atoms with Crippen molar-refractivity contribution in [2.75, 3.05) is 7.11 Å². The van der Waals surface area contributed by atoms with Crippen LogP contribution in [-0.2, 0) is 16.1 Å². The first-order chi connectivity index (χ1) is 16.9. The number of nitrogens with one attached hydrogen (secondary N) is 1. The van der Waals surface area contributed by atoms with Gasteiger partial charge in [-0.2, -0.15) is 0 Å². The molecule has 0 saturated heterocycles. The van der Waals surface area contributed by atoms with Gasteiger partial charge in [-0.1, -0.05) is 44.2 Å². The third-order valence-electron chi connectivity index (χ3n) is 5.52. The highest BCUT2D eigenvalue weighted by Crippen LogP contribution is 2.28. The van der Waals surface area contributed by atoms with Crippen LogP contribution in [0.4, 0.5) is 4.79 Å². The maximum atomic E-state index is 12.9. The van der Waals surface area contributed by atoms with Crippen molar-refractivity contribution in [1.29, 1.82) is 0 Å². The number of hydrogen-bond donors (Lipinski definition) is 1. The van der Waals surface area contributed by atoms with E-state index in [1.165, 1.54) is 13.2 Å². The molecule has 0 bridgehead atoms. The molecule has 0 fully saturated rings. The van der Waals surface area contributed by atoms with E-state index in [9.17, 15) is 14.4 Å². The Hall–Kier alpha value is -4.33. The molecule has 4 rings (SSSR count). The normalized spacial score (nSPS) is 11.9. The zero-order valence-electron chi connectivity index (χ0n) is 19.6. The van der Waals surface area contributed by atoms with E-state index in [2.05, 4.69) is 5.32 Å². The number of carbonyl (C=O) groups excluding carboxylic acids is 2. The number of carbonyl (C=O) groups is 2. The van der Waals surface area contributed by atoms with Crippen LogP contribution in [0.25, 0.3) is 21.7 Å². The lowest BCUT2D eigenvalue weighted by Crippen LogP contribution is -2.46. The third kappa shape index (κ3) is 5.43. The number of benzene rings is 3. The van der Waals surface area contributed by atoms with Crippen molar-refractivity contribution in [3.8, 4) is 11.5 Å². The Balaban J connectivity index is 1.50. The standard InChI is InChI=1S/C27H25NO7/c1-16(2)24(28-27(31)33-15-17-7-5-4-6-8-17)26(30)34-19-10-12-21-20-11-9-18(32-3)13-22(20)25(29)35-23(21)14-19/h4-14,16,24H,15H2,1-3H3,(H,28,31). The van der Waals surface area contributed by atoms with Gasteiger partial charge in [-0.3, -0.25) is 0 Å². The Morgan fingerprint density at radius 2 is 1.63 bits per heavy atom. The number of hydrogen-bond acceptors (Lipinski definition) is 7. The van der Waals surface area contributed by atoms with E-state index in [0.717, 1.165) is 5.56 Å². The van der Waals surface area contributed by atoms with Crippen molar-refractivity contribution in [3.05, 3.63) is 82.7 Å². The number of ether oxygens (including phenoxy) is 3. The molecule has 1 atom stereocenters. The Morgan fingerprint density at radius 3 is 2.34 bits per heavy atom. The van der Waals surface area contributed by atoms with Crippen LogP contribution in [0.3, 0.4) is 0 Å². The quantitative estimate of drug-likeness (QED) is 0.177. The highest BCUT2D eigenvalue weighted by Gasteiger charge is 2.27. The Morgan fingerprint density at radius 1 is 0.914 bits per heavy atom. The predicted molar refractivity (Wildman–Crippen MR) is 131 cm³/mol. The van der Waals surface area contributed by atoms with Crippen LogP contribution in [0.5, 0.6) is 11.5 Å². The summed E-state index contributed by atoms with van der Waals surface area (Å²) in [6, 6.07) is 18.2. The van der Waals surface area contributed by atoms with E-state index < -0.39 is 23.7 Å². The van der Waals surface area contributed by atoms with Gasteiger partial charge in [0.2, 0.25) is 0 Å². The summed E-state index contributed by atoms with van der Waals surface area (Å²) < 4.78 is 21.4. The van der Waals surface area contributed by atoms with Gasteiger partial charge in [0, 0.05) is 16.8 Å². The van der Waals surface area contributed by atoms with Gasteiger partial charge in [0.05, 0.1) is 12.5 Å². The largest absolute Gasteiger partial charge is 0.497 e. The van der Waals surface area contributed by atoms with Gasteiger partial charge in [0.1, 0.15) is 29.7 Å². The molecule has 8 heteroatoms. The number of methoxy groups -OCH3 is 1. The number of alkyl carbamates (subject to hydrolysis) is 1. The van der Waals surface area contributed by atoms with Crippen molar-refractivity contribution in [2.45, 2.75) is 26.5 Å². The highest BCUT2D eigenvalue weighted by molar-refractivity contribution is 6.05. The number of fused-ring (bicyclic) bond motifs is 3. The molecule has 0 aliphatic heterocycles. The fraction of sp³-hybridized carbons (Fsp3) is 0.222. The molecular formula is C27H25NO7. The number of esters is 1. The zero-order chi connectivity index (χ0) is 24.9. The van der Waals surface area contributed by atoms with Crippen LogP contribution < -0.4 is 20.4 Å². The molecule has 1 amide bonds. The summed E-state index contributed by atoms with van der Waals surface area (Å²) in [5.74, 6) is -0.194. The monoisotopic (exact) mass is 475 g/mol. The lowest BCUT2D eigenvalue weighted by molar-refractivity contribution is -0.137. The average molecular weight is 475 g/mol. The maximum Gasteiger partial charge on any atom is 0.408 e. The molecule has 1 heterocycles. The predicted octanol–water partition coefficient (Wildman–Crippen LogP) is 4.81. The Labute approximate surface area is 201 Å². The van der Waals surface area contributed by atoms with Gasteiger partial charge in [0.25, 0.3) is 0 Å². The number of rotatable bonds is 7. The van der Waals surface area contributed by atoms with Gasteiger partial charge in [0.15, 0.2) is 0 Å². The molecule has 4 aromatic rings. The van der Waals surface area contributed by atoms with Crippen molar-refractivity contribution in [2.24, 2.45) is 5.92 Å². The van der Waals surface area contributed by atoms with Crippen LogP contribution in [0.1, 0.15) is 19.4 Å². The molecule has 180 valence electrons. The molecule has 1 N–H and O–H groups in total. The van der Waals surface area contributed by atoms with Gasteiger partial charge in [-0.25, -0.2) is 14.4 Å². The molecule has 0 radical (unpaired) electrons. The van der Waals surface area contributed by atoms with Crippen LogP contribution in [0.2, 0.25) is 0 Å². The fourth-order valence-electron chi connectivity index (χ4n) is 3.65. The van der Waals surface area contributed by atoms with E-state index in [0.29, 0.717) is 21.9 Å². The minimum Gasteiger partial charge on any atom is -0.497 e. The second-order valence-electron chi connectivity index (χ2n) is 8.31. The number of amides is 1. The summed E-state index contributed by atoms with van der Waals surface area (Å²) in [5.41, 5.74) is 0.571. The minimum atomic E-state index is -0.940. The van der Waals surface area contributed by atoms with Gasteiger partial charge < -0.3 is 23.9 Å². The van der Waals surface area contributed by atoms with Gasteiger partial charge in [-0.05, 0) is 41.8 Å². The van der Waals surface area contributed by atoms with Crippen molar-refractivity contribution >= 4 is 33.8 Å². The SMILES string of the molecule is COc1ccc2c(c1)c(=O)oc1cc(OC(=O)C(NC(=O)OCc3ccccc3)C(C)C)ccc12. The van der Waals surface area contributed by atoms with Crippen molar-refractivity contribution < 1.29 is 28.2 Å². The van der Waals surface area contributed by atoms with E-state index in [1.807, 2.05) is 30.3 Å². The Bertz CT molecular complexity index is 1430.